The third-order valence-electron chi connectivity index (χ3n) is 4.00. The fourth-order valence-corrected chi connectivity index (χ4v) is 2.74. The SMILES string of the molecule is C#C.CC/C(C)=C\C1=C(C)CC(=O)N1C1CCNCC1. The first-order valence-corrected chi connectivity index (χ1v) is 7.36. The topological polar surface area (TPSA) is 32.3 Å². The van der Waals surface area contributed by atoms with Crippen LogP contribution in [0.15, 0.2) is 22.9 Å². The average molecular weight is 274 g/mol. The molecule has 3 nitrogen and oxygen atoms in total. The van der Waals surface area contributed by atoms with E-state index in [-0.39, 0.29) is 5.91 Å². The minimum atomic E-state index is 0.287. The molecule has 3 heteroatoms. The Morgan fingerprint density at radius 1 is 1.40 bits per heavy atom. The van der Waals surface area contributed by atoms with Crippen LogP contribution in [0, 0.1) is 12.8 Å². The molecule has 1 saturated heterocycles. The van der Waals surface area contributed by atoms with Crippen molar-refractivity contribution in [3.05, 3.63) is 22.9 Å². The number of hydrogen-bond donors (Lipinski definition) is 1. The van der Waals surface area contributed by atoms with Gasteiger partial charge in [-0.2, -0.15) is 0 Å². The van der Waals surface area contributed by atoms with Crippen molar-refractivity contribution in [1.29, 1.82) is 0 Å². The Morgan fingerprint density at radius 2 is 2.00 bits per heavy atom. The van der Waals surface area contributed by atoms with Gasteiger partial charge in [0.15, 0.2) is 0 Å². The first-order chi connectivity index (χ1) is 9.63. The molecule has 110 valence electrons. The fourth-order valence-electron chi connectivity index (χ4n) is 2.74. The van der Waals surface area contributed by atoms with E-state index >= 15 is 0 Å². The molecule has 1 amide bonds. The predicted molar refractivity (Wildman–Crippen MR) is 84.0 cm³/mol. The summed E-state index contributed by atoms with van der Waals surface area (Å²) in [6, 6.07) is 0.395. The second kappa shape index (κ2) is 7.91. The number of carbonyl (C=O) groups is 1. The molecule has 2 rings (SSSR count). The summed E-state index contributed by atoms with van der Waals surface area (Å²) in [5.74, 6) is 0.287. The molecule has 2 heterocycles. The van der Waals surface area contributed by atoms with E-state index in [1.54, 1.807) is 0 Å². The number of hydrogen-bond acceptors (Lipinski definition) is 2. The Hall–Kier alpha value is -1.53. The second-order valence-electron chi connectivity index (χ2n) is 5.43. The highest BCUT2D eigenvalue weighted by molar-refractivity contribution is 5.85. The first kappa shape index (κ1) is 16.5. The molecule has 0 saturated carbocycles. The number of amides is 1. The minimum Gasteiger partial charge on any atom is -0.317 e. The number of nitrogens with zero attached hydrogens (tertiary/aromatic N) is 1. The normalized spacial score (nSPS) is 20.9. The Labute approximate surface area is 123 Å². The molecule has 0 aliphatic carbocycles. The lowest BCUT2D eigenvalue weighted by Crippen LogP contribution is -2.43. The summed E-state index contributed by atoms with van der Waals surface area (Å²) < 4.78 is 0. The van der Waals surface area contributed by atoms with E-state index < -0.39 is 0 Å². The Morgan fingerprint density at radius 3 is 2.55 bits per heavy atom. The number of terminal acetylenes is 1. The molecule has 0 spiro atoms. The van der Waals surface area contributed by atoms with Gasteiger partial charge in [0.2, 0.25) is 5.91 Å². The van der Waals surface area contributed by atoms with Gasteiger partial charge < -0.3 is 10.2 Å². The molecule has 2 aliphatic rings. The predicted octanol–water partition coefficient (Wildman–Crippen LogP) is 2.85. The van der Waals surface area contributed by atoms with Crippen molar-refractivity contribution in [2.45, 2.75) is 52.5 Å². The van der Waals surface area contributed by atoms with Crippen LogP contribution >= 0.6 is 0 Å². The number of carbonyl (C=O) groups excluding carboxylic acids is 1. The molecule has 20 heavy (non-hydrogen) atoms. The maximum absolute atomic E-state index is 12.2. The van der Waals surface area contributed by atoms with E-state index in [0.717, 1.165) is 32.4 Å². The van der Waals surface area contributed by atoms with Crippen molar-refractivity contribution in [2.24, 2.45) is 0 Å². The Bertz CT molecular complexity index is 426. The monoisotopic (exact) mass is 274 g/mol. The van der Waals surface area contributed by atoms with Crippen LogP contribution < -0.4 is 5.32 Å². The van der Waals surface area contributed by atoms with Gasteiger partial charge in [0.1, 0.15) is 0 Å². The third-order valence-corrected chi connectivity index (χ3v) is 4.00. The number of allylic oxidation sites excluding steroid dienone is 2. The highest BCUT2D eigenvalue weighted by Gasteiger charge is 2.33. The Balaban J connectivity index is 0.000000956. The van der Waals surface area contributed by atoms with Crippen molar-refractivity contribution in [1.82, 2.24) is 10.2 Å². The summed E-state index contributed by atoms with van der Waals surface area (Å²) in [5, 5.41) is 3.36. The van der Waals surface area contributed by atoms with E-state index in [1.165, 1.54) is 16.8 Å². The van der Waals surface area contributed by atoms with Gasteiger partial charge in [0.25, 0.3) is 0 Å². The largest absolute Gasteiger partial charge is 0.317 e. The van der Waals surface area contributed by atoms with E-state index in [9.17, 15) is 4.79 Å². The minimum absolute atomic E-state index is 0.287. The van der Waals surface area contributed by atoms with Crippen molar-refractivity contribution >= 4 is 5.91 Å². The van der Waals surface area contributed by atoms with E-state index in [1.807, 2.05) is 0 Å². The number of nitrogens with one attached hydrogen (secondary N) is 1. The van der Waals surface area contributed by atoms with Gasteiger partial charge in [-0.15, -0.1) is 12.8 Å². The summed E-state index contributed by atoms with van der Waals surface area (Å²) in [7, 11) is 0. The van der Waals surface area contributed by atoms with Crippen molar-refractivity contribution in [2.75, 3.05) is 13.1 Å². The standard InChI is InChI=1S/C15H24N2O.C2H2/c1-4-11(2)9-14-12(3)10-15(18)17(14)13-5-7-16-8-6-13;1-2/h9,13,16H,4-8,10H2,1-3H3;1-2H/b11-9-;. The van der Waals surface area contributed by atoms with E-state index in [0.29, 0.717) is 12.5 Å². The van der Waals surface area contributed by atoms with Gasteiger partial charge in [-0.1, -0.05) is 12.5 Å². The van der Waals surface area contributed by atoms with Crippen LogP contribution in [0.25, 0.3) is 0 Å². The van der Waals surface area contributed by atoms with Crippen LogP contribution in [0.2, 0.25) is 0 Å². The maximum Gasteiger partial charge on any atom is 0.231 e. The smallest absolute Gasteiger partial charge is 0.231 e. The molecule has 0 radical (unpaired) electrons. The van der Waals surface area contributed by atoms with Crippen LogP contribution in [0.4, 0.5) is 0 Å². The quantitative estimate of drug-likeness (QED) is 0.803. The lowest BCUT2D eigenvalue weighted by molar-refractivity contribution is -0.129. The highest BCUT2D eigenvalue weighted by Crippen LogP contribution is 2.30. The van der Waals surface area contributed by atoms with Crippen LogP contribution in [0.1, 0.15) is 46.5 Å². The van der Waals surface area contributed by atoms with Gasteiger partial charge in [-0.3, -0.25) is 4.79 Å². The molecule has 1 N–H and O–H groups in total. The van der Waals surface area contributed by atoms with Crippen LogP contribution in [-0.4, -0.2) is 29.9 Å². The van der Waals surface area contributed by atoms with Crippen molar-refractivity contribution in [3.63, 3.8) is 0 Å². The van der Waals surface area contributed by atoms with Gasteiger partial charge in [0.05, 0.1) is 6.42 Å². The van der Waals surface area contributed by atoms with Crippen LogP contribution in [0.5, 0.6) is 0 Å². The average Bonchev–Trinajstić information content (AvgIpc) is 2.76. The molecule has 0 aromatic rings. The lowest BCUT2D eigenvalue weighted by Gasteiger charge is -2.33. The summed E-state index contributed by atoms with van der Waals surface area (Å²) in [6.07, 6.45) is 14.0. The number of rotatable bonds is 3. The van der Waals surface area contributed by atoms with Gasteiger partial charge in [-0.05, 0) is 57.8 Å². The van der Waals surface area contributed by atoms with Crippen LogP contribution in [-0.2, 0) is 4.79 Å². The second-order valence-corrected chi connectivity index (χ2v) is 5.43. The maximum atomic E-state index is 12.2. The lowest BCUT2D eigenvalue weighted by atomic mass is 10.0. The molecule has 2 aliphatic heterocycles. The zero-order chi connectivity index (χ0) is 15.1. The highest BCUT2D eigenvalue weighted by atomic mass is 16.2. The molecule has 0 aromatic heterocycles. The third kappa shape index (κ3) is 3.74. The van der Waals surface area contributed by atoms with Gasteiger partial charge >= 0.3 is 0 Å². The molecular weight excluding hydrogens is 248 g/mol. The van der Waals surface area contributed by atoms with Crippen molar-refractivity contribution < 1.29 is 4.79 Å². The summed E-state index contributed by atoms with van der Waals surface area (Å²) in [6.45, 7) is 8.44. The summed E-state index contributed by atoms with van der Waals surface area (Å²) in [5.41, 5.74) is 3.75. The van der Waals surface area contributed by atoms with Crippen molar-refractivity contribution in [3.8, 4) is 12.8 Å². The molecule has 0 bridgehead atoms. The summed E-state index contributed by atoms with van der Waals surface area (Å²) >= 11 is 0. The zero-order valence-electron chi connectivity index (χ0n) is 12.9. The number of piperidine rings is 1. The first-order valence-electron chi connectivity index (χ1n) is 7.36. The van der Waals surface area contributed by atoms with E-state index in [4.69, 9.17) is 0 Å². The molecule has 0 atom stereocenters. The van der Waals surface area contributed by atoms with Crippen LogP contribution in [0.3, 0.4) is 0 Å². The molecule has 0 aromatic carbocycles. The zero-order valence-corrected chi connectivity index (χ0v) is 12.9. The van der Waals surface area contributed by atoms with Gasteiger partial charge in [0, 0.05) is 11.7 Å². The fraction of sp³-hybridized carbons (Fsp3) is 0.588. The molecule has 1 fully saturated rings. The molecule has 0 unspecified atom stereocenters. The van der Waals surface area contributed by atoms with E-state index in [2.05, 4.69) is 49.9 Å². The molecular formula is C17H26N2O. The summed E-state index contributed by atoms with van der Waals surface area (Å²) in [4.78, 5) is 14.3. The Kier molecular flexibility index (Phi) is 6.54. The van der Waals surface area contributed by atoms with Gasteiger partial charge in [-0.25, -0.2) is 0 Å².